The normalized spacial score (nSPS) is 17.3. The lowest BCUT2D eigenvalue weighted by Gasteiger charge is -2.37. The largest absolute Gasteiger partial charge is 0.235 e. The lowest BCUT2D eigenvalue weighted by Crippen LogP contribution is -2.31. The fourth-order valence-corrected chi connectivity index (χ4v) is 2.96. The first-order valence-electron chi connectivity index (χ1n) is 6.31. The van der Waals surface area contributed by atoms with Crippen molar-refractivity contribution in [3.8, 4) is 0 Å². The molecule has 0 N–H and O–H groups in total. The van der Waals surface area contributed by atoms with Crippen molar-refractivity contribution in [1.29, 1.82) is 0 Å². The molecule has 1 aliphatic carbocycles. The number of aryl methyl sites for hydroxylation is 1. The van der Waals surface area contributed by atoms with Crippen molar-refractivity contribution in [3.63, 3.8) is 0 Å². The van der Waals surface area contributed by atoms with E-state index in [1.165, 1.54) is 6.26 Å². The molecule has 1 fully saturated rings. The van der Waals surface area contributed by atoms with Gasteiger partial charge in [0.05, 0.1) is 11.3 Å². The van der Waals surface area contributed by atoms with Gasteiger partial charge in [-0.1, -0.05) is 24.3 Å². The van der Waals surface area contributed by atoms with Gasteiger partial charge in [-0.25, -0.2) is 13.2 Å². The zero-order valence-corrected chi connectivity index (χ0v) is 11.7. The highest BCUT2D eigenvalue weighted by atomic mass is 32.2. The topological polar surface area (TPSA) is 63.6 Å². The SMILES string of the molecule is CS(=O)(=O)CCc1ccc(C2(N=C=O)CCC2)cc1. The summed E-state index contributed by atoms with van der Waals surface area (Å²) in [5.74, 6) is 0.157. The van der Waals surface area contributed by atoms with Crippen LogP contribution in [0.15, 0.2) is 29.3 Å². The molecule has 0 atom stereocenters. The first kappa shape index (κ1) is 14.0. The number of benzene rings is 1. The smallest absolute Gasteiger partial charge is 0.229 e. The third kappa shape index (κ3) is 3.31. The predicted molar refractivity (Wildman–Crippen MR) is 73.5 cm³/mol. The predicted octanol–water partition coefficient (Wildman–Crippen LogP) is 1.99. The van der Waals surface area contributed by atoms with Crippen LogP contribution in [0.2, 0.25) is 0 Å². The molecule has 1 aromatic rings. The quantitative estimate of drug-likeness (QED) is 0.611. The van der Waals surface area contributed by atoms with Gasteiger partial charge in [-0.15, -0.1) is 0 Å². The van der Waals surface area contributed by atoms with Gasteiger partial charge in [-0.05, 0) is 36.8 Å². The molecule has 0 aromatic heterocycles. The molecule has 0 radical (unpaired) electrons. The maximum absolute atomic E-state index is 11.1. The molecular weight excluding hydrogens is 262 g/mol. The summed E-state index contributed by atoms with van der Waals surface area (Å²) in [5.41, 5.74) is 1.63. The van der Waals surface area contributed by atoms with Crippen LogP contribution in [0, 0.1) is 0 Å². The van der Waals surface area contributed by atoms with Crippen molar-refractivity contribution in [2.45, 2.75) is 31.2 Å². The molecule has 19 heavy (non-hydrogen) atoms. The highest BCUT2D eigenvalue weighted by molar-refractivity contribution is 7.90. The van der Waals surface area contributed by atoms with Gasteiger partial charge in [0, 0.05) is 6.26 Å². The van der Waals surface area contributed by atoms with E-state index in [0.29, 0.717) is 6.42 Å². The van der Waals surface area contributed by atoms with Gasteiger partial charge in [0.1, 0.15) is 9.84 Å². The van der Waals surface area contributed by atoms with Gasteiger partial charge >= 0.3 is 0 Å². The Morgan fingerprint density at radius 1 is 1.26 bits per heavy atom. The number of aliphatic imine (C=N–C) groups is 1. The van der Waals surface area contributed by atoms with Gasteiger partial charge < -0.3 is 0 Å². The third-order valence-corrected chi connectivity index (χ3v) is 4.64. The molecular formula is C14H17NO3S. The monoisotopic (exact) mass is 279 g/mol. The summed E-state index contributed by atoms with van der Waals surface area (Å²) >= 11 is 0. The second-order valence-electron chi connectivity index (χ2n) is 5.17. The Hall–Kier alpha value is -1.45. The summed E-state index contributed by atoms with van der Waals surface area (Å²) in [5, 5.41) is 0. The molecule has 4 nitrogen and oxygen atoms in total. The third-order valence-electron chi connectivity index (χ3n) is 3.69. The molecule has 1 aliphatic rings. The van der Waals surface area contributed by atoms with Crippen molar-refractivity contribution >= 4 is 15.9 Å². The van der Waals surface area contributed by atoms with E-state index < -0.39 is 9.84 Å². The molecule has 0 amide bonds. The Morgan fingerprint density at radius 3 is 2.32 bits per heavy atom. The Balaban J connectivity index is 2.12. The van der Waals surface area contributed by atoms with Crippen LogP contribution in [0.3, 0.4) is 0 Å². The second kappa shape index (κ2) is 5.27. The first-order valence-corrected chi connectivity index (χ1v) is 8.37. The molecule has 5 heteroatoms. The fraction of sp³-hybridized carbons (Fsp3) is 0.500. The summed E-state index contributed by atoms with van der Waals surface area (Å²) in [6.07, 6.45) is 6.25. The number of nitrogens with zero attached hydrogens (tertiary/aromatic N) is 1. The van der Waals surface area contributed by atoms with Crippen LogP contribution in [0.5, 0.6) is 0 Å². The minimum absolute atomic E-state index is 0.157. The van der Waals surface area contributed by atoms with E-state index in [2.05, 4.69) is 4.99 Å². The summed E-state index contributed by atoms with van der Waals surface area (Å²) < 4.78 is 22.2. The van der Waals surface area contributed by atoms with Gasteiger partial charge in [-0.3, -0.25) is 0 Å². The van der Waals surface area contributed by atoms with E-state index in [-0.39, 0.29) is 11.3 Å². The van der Waals surface area contributed by atoms with Crippen molar-refractivity contribution < 1.29 is 13.2 Å². The summed E-state index contributed by atoms with van der Waals surface area (Å²) in [6.45, 7) is 0. The lowest BCUT2D eigenvalue weighted by molar-refractivity contribution is 0.256. The summed E-state index contributed by atoms with van der Waals surface area (Å²) in [6, 6.07) is 7.72. The van der Waals surface area contributed by atoms with E-state index in [0.717, 1.165) is 30.4 Å². The average Bonchev–Trinajstić information content (AvgIpc) is 2.31. The zero-order chi connectivity index (χ0) is 13.9. The molecule has 0 saturated heterocycles. The Bertz CT molecular complexity index is 594. The van der Waals surface area contributed by atoms with Crippen molar-refractivity contribution in [3.05, 3.63) is 35.4 Å². The van der Waals surface area contributed by atoms with E-state index >= 15 is 0 Å². The van der Waals surface area contributed by atoms with E-state index in [4.69, 9.17) is 0 Å². The number of isocyanates is 1. The number of rotatable bonds is 5. The molecule has 0 heterocycles. The summed E-state index contributed by atoms with van der Waals surface area (Å²) in [4.78, 5) is 14.5. The van der Waals surface area contributed by atoms with Crippen LogP contribution in [0.4, 0.5) is 0 Å². The second-order valence-corrected chi connectivity index (χ2v) is 7.42. The molecule has 102 valence electrons. The average molecular weight is 279 g/mol. The van der Waals surface area contributed by atoms with E-state index in [9.17, 15) is 13.2 Å². The van der Waals surface area contributed by atoms with Crippen LogP contribution in [0.1, 0.15) is 30.4 Å². The standard InChI is InChI=1S/C14H17NO3S/c1-19(17,18)10-7-12-3-5-13(6-4-12)14(15-11-16)8-2-9-14/h3-6H,2,7-10H2,1H3. The fourth-order valence-electron chi connectivity index (χ4n) is 2.35. The Labute approximate surface area is 113 Å². The molecule has 1 saturated carbocycles. The van der Waals surface area contributed by atoms with Gasteiger partial charge in [0.15, 0.2) is 0 Å². The maximum atomic E-state index is 11.1. The van der Waals surface area contributed by atoms with E-state index in [1.54, 1.807) is 6.08 Å². The van der Waals surface area contributed by atoms with Crippen molar-refractivity contribution in [2.75, 3.05) is 12.0 Å². The Morgan fingerprint density at radius 2 is 1.89 bits per heavy atom. The number of sulfone groups is 1. The minimum Gasteiger partial charge on any atom is -0.229 e. The number of carbonyl (C=O) groups excluding carboxylic acids is 1. The van der Waals surface area contributed by atoms with Crippen LogP contribution >= 0.6 is 0 Å². The van der Waals surface area contributed by atoms with E-state index in [1.807, 2.05) is 24.3 Å². The zero-order valence-electron chi connectivity index (χ0n) is 10.9. The van der Waals surface area contributed by atoms with Gasteiger partial charge in [0.25, 0.3) is 0 Å². The highest BCUT2D eigenvalue weighted by Gasteiger charge is 2.38. The molecule has 2 rings (SSSR count). The van der Waals surface area contributed by atoms with Gasteiger partial charge in [0.2, 0.25) is 6.08 Å². The molecule has 1 aromatic carbocycles. The van der Waals surface area contributed by atoms with Crippen LogP contribution in [-0.2, 0) is 26.6 Å². The lowest BCUT2D eigenvalue weighted by atomic mass is 9.72. The molecule has 0 bridgehead atoms. The van der Waals surface area contributed by atoms with Crippen molar-refractivity contribution in [1.82, 2.24) is 0 Å². The maximum Gasteiger partial charge on any atom is 0.235 e. The molecule has 0 spiro atoms. The van der Waals surface area contributed by atoms with Crippen molar-refractivity contribution in [2.24, 2.45) is 4.99 Å². The number of hydrogen-bond acceptors (Lipinski definition) is 4. The minimum atomic E-state index is -2.93. The number of hydrogen-bond donors (Lipinski definition) is 0. The van der Waals surface area contributed by atoms with Crippen LogP contribution in [-0.4, -0.2) is 26.5 Å². The molecule has 0 unspecified atom stereocenters. The Kier molecular flexibility index (Phi) is 3.88. The molecule has 0 aliphatic heterocycles. The van der Waals surface area contributed by atoms with Crippen LogP contribution < -0.4 is 0 Å². The van der Waals surface area contributed by atoms with Gasteiger partial charge in [-0.2, -0.15) is 4.99 Å². The highest BCUT2D eigenvalue weighted by Crippen LogP contribution is 2.44. The summed E-state index contributed by atoms with van der Waals surface area (Å²) in [7, 11) is -2.93. The van der Waals surface area contributed by atoms with Crippen LogP contribution in [0.25, 0.3) is 0 Å². The first-order chi connectivity index (χ1) is 8.95.